The van der Waals surface area contributed by atoms with Gasteiger partial charge in [-0.25, -0.2) is 0 Å². The largest absolute Gasteiger partial charge is 0.395 e. The van der Waals surface area contributed by atoms with Crippen molar-refractivity contribution in [2.75, 3.05) is 0 Å². The summed E-state index contributed by atoms with van der Waals surface area (Å²) in [5.41, 5.74) is 9.39. The Morgan fingerprint density at radius 3 is 3.00 bits per heavy atom. The van der Waals surface area contributed by atoms with Crippen molar-refractivity contribution in [2.24, 2.45) is 5.73 Å². The summed E-state index contributed by atoms with van der Waals surface area (Å²) in [6, 6.07) is 6.51. The Morgan fingerprint density at radius 2 is 2.26 bits per heavy atom. The number of carbonyl (C=O) groups is 1. The third-order valence-corrected chi connectivity index (χ3v) is 3.43. The summed E-state index contributed by atoms with van der Waals surface area (Å²) in [5, 5.41) is 3.03. The number of nitrogens with one attached hydrogen (secondary N) is 1. The molecule has 1 aliphatic carbocycles. The van der Waals surface area contributed by atoms with Crippen LogP contribution in [0.5, 0.6) is 0 Å². The smallest absolute Gasteiger partial charge is 0.167 e. The molecule has 4 heteroatoms. The molecule has 0 saturated heterocycles. The molecule has 2 aromatic heterocycles. The van der Waals surface area contributed by atoms with Crippen molar-refractivity contribution in [1.29, 1.82) is 0 Å². The zero-order valence-corrected chi connectivity index (χ0v) is 10.7. The Kier molecular flexibility index (Phi) is 2.99. The first-order valence-corrected chi connectivity index (χ1v) is 6.51. The first kappa shape index (κ1) is 11.8. The number of aldehydes is 1. The summed E-state index contributed by atoms with van der Waals surface area (Å²) in [5.74, 6) is 0.767. The van der Waals surface area contributed by atoms with E-state index in [2.05, 4.69) is 40.3 Å². The molecular weight excluding hydrogens is 238 g/mol. The number of fused-ring (bicyclic) bond motifs is 1. The second-order valence-electron chi connectivity index (χ2n) is 5.06. The van der Waals surface area contributed by atoms with E-state index in [4.69, 9.17) is 5.73 Å². The average Bonchev–Trinajstić information content (AvgIpc) is 3.18. The molecule has 0 radical (unpaired) electrons. The van der Waals surface area contributed by atoms with Gasteiger partial charge >= 0.3 is 0 Å². The highest BCUT2D eigenvalue weighted by molar-refractivity contribution is 5.71. The summed E-state index contributed by atoms with van der Waals surface area (Å²) in [7, 11) is 0. The van der Waals surface area contributed by atoms with E-state index in [-0.39, 0.29) is 5.70 Å². The van der Waals surface area contributed by atoms with Gasteiger partial charge in [0, 0.05) is 30.7 Å². The maximum Gasteiger partial charge on any atom is 0.167 e. The minimum absolute atomic E-state index is 0.208. The Balaban J connectivity index is 1.75. The third kappa shape index (κ3) is 2.62. The molecule has 0 spiro atoms. The topological polar surface area (TPSA) is 59.5 Å². The fourth-order valence-electron chi connectivity index (χ4n) is 2.26. The van der Waals surface area contributed by atoms with Crippen LogP contribution in [0.4, 0.5) is 0 Å². The lowest BCUT2D eigenvalue weighted by molar-refractivity contribution is -0.105. The molecule has 4 nitrogen and oxygen atoms in total. The van der Waals surface area contributed by atoms with Crippen molar-refractivity contribution in [3.05, 3.63) is 53.6 Å². The van der Waals surface area contributed by atoms with Crippen LogP contribution >= 0.6 is 0 Å². The molecule has 0 aromatic carbocycles. The fraction of sp³-hybridized carbons (Fsp3) is 0.267. The van der Waals surface area contributed by atoms with Gasteiger partial charge in [-0.1, -0.05) is 6.07 Å². The molecule has 1 saturated carbocycles. The molecule has 0 unspecified atom stereocenters. The van der Waals surface area contributed by atoms with Gasteiger partial charge in [0.2, 0.25) is 0 Å². The van der Waals surface area contributed by atoms with E-state index in [1.807, 2.05) is 0 Å². The number of allylic oxidation sites excluding steroid dienone is 1. The predicted molar refractivity (Wildman–Crippen MR) is 74.5 cm³/mol. The van der Waals surface area contributed by atoms with E-state index in [0.29, 0.717) is 12.8 Å². The van der Waals surface area contributed by atoms with Crippen LogP contribution in [-0.4, -0.2) is 10.7 Å². The van der Waals surface area contributed by atoms with Crippen LogP contribution in [0.1, 0.15) is 29.9 Å². The Bertz CT molecular complexity index is 638. The maximum absolute atomic E-state index is 10.4. The zero-order valence-electron chi connectivity index (χ0n) is 10.7. The second-order valence-corrected chi connectivity index (χ2v) is 5.06. The van der Waals surface area contributed by atoms with E-state index < -0.39 is 0 Å². The predicted octanol–water partition coefficient (Wildman–Crippen LogP) is 1.91. The number of nitrogens with zero attached hydrogens (tertiary/aromatic N) is 1. The van der Waals surface area contributed by atoms with Gasteiger partial charge in [0.15, 0.2) is 6.29 Å². The van der Waals surface area contributed by atoms with Gasteiger partial charge in [-0.15, -0.1) is 0 Å². The summed E-state index contributed by atoms with van der Waals surface area (Å²) in [6.07, 6.45) is 9.12. The molecule has 98 valence electrons. The summed E-state index contributed by atoms with van der Waals surface area (Å²) in [6.45, 7) is 0.662. The van der Waals surface area contributed by atoms with E-state index in [0.717, 1.165) is 5.92 Å². The quantitative estimate of drug-likeness (QED) is 0.633. The Labute approximate surface area is 111 Å². The summed E-state index contributed by atoms with van der Waals surface area (Å²) in [4.78, 5) is 10.4. The standard InChI is InChI=1S/C15H17N3O/c16-14(10-19)7-17-6-11-5-15-4-3-13(12-1-2-12)9-18(15)8-11/h3-5,7-10,12,17H,1-2,6,16H2/b14-7-. The van der Waals surface area contributed by atoms with Gasteiger partial charge in [-0.3, -0.25) is 4.79 Å². The second kappa shape index (κ2) is 4.80. The van der Waals surface area contributed by atoms with Crippen molar-refractivity contribution < 1.29 is 4.79 Å². The lowest BCUT2D eigenvalue weighted by atomic mass is 10.2. The van der Waals surface area contributed by atoms with Crippen LogP contribution in [0.2, 0.25) is 0 Å². The van der Waals surface area contributed by atoms with Gasteiger partial charge in [-0.05, 0) is 42.0 Å². The van der Waals surface area contributed by atoms with Gasteiger partial charge in [0.05, 0.1) is 5.70 Å². The van der Waals surface area contributed by atoms with Crippen LogP contribution in [0.25, 0.3) is 5.52 Å². The zero-order chi connectivity index (χ0) is 13.2. The number of rotatable bonds is 5. The number of hydrogen-bond acceptors (Lipinski definition) is 3. The van der Waals surface area contributed by atoms with Crippen molar-refractivity contribution in [3.63, 3.8) is 0 Å². The number of aromatic nitrogens is 1. The molecule has 19 heavy (non-hydrogen) atoms. The first-order valence-electron chi connectivity index (χ1n) is 6.51. The molecule has 3 N–H and O–H groups in total. The molecule has 2 heterocycles. The normalized spacial score (nSPS) is 15.7. The van der Waals surface area contributed by atoms with E-state index in [9.17, 15) is 4.79 Å². The van der Waals surface area contributed by atoms with Crippen LogP contribution in [0.15, 0.2) is 42.5 Å². The Hall–Kier alpha value is -2.23. The van der Waals surface area contributed by atoms with Crippen molar-refractivity contribution in [1.82, 2.24) is 9.72 Å². The van der Waals surface area contributed by atoms with E-state index in [1.165, 1.54) is 35.7 Å². The van der Waals surface area contributed by atoms with E-state index >= 15 is 0 Å². The lowest BCUT2D eigenvalue weighted by Gasteiger charge is -1.99. The summed E-state index contributed by atoms with van der Waals surface area (Å²) < 4.78 is 2.16. The molecule has 0 amide bonds. The first-order chi connectivity index (χ1) is 9.26. The lowest BCUT2D eigenvalue weighted by Crippen LogP contribution is -2.09. The molecule has 0 bridgehead atoms. The molecular formula is C15H17N3O. The molecule has 0 aliphatic heterocycles. The highest BCUT2D eigenvalue weighted by atomic mass is 16.1. The SMILES string of the molecule is N/C(C=O)=C\NCc1cc2ccc(C3CC3)cn2c1. The van der Waals surface area contributed by atoms with Gasteiger partial charge in [0.1, 0.15) is 0 Å². The minimum Gasteiger partial charge on any atom is -0.395 e. The average molecular weight is 255 g/mol. The highest BCUT2D eigenvalue weighted by Crippen LogP contribution is 2.39. The number of nitrogens with two attached hydrogens (primary N) is 1. The number of pyridine rings is 1. The number of hydrogen-bond donors (Lipinski definition) is 2. The van der Waals surface area contributed by atoms with Crippen molar-refractivity contribution in [3.8, 4) is 0 Å². The molecule has 3 rings (SSSR count). The van der Waals surface area contributed by atoms with Crippen molar-refractivity contribution in [2.45, 2.75) is 25.3 Å². The van der Waals surface area contributed by atoms with Gasteiger partial charge in [0.25, 0.3) is 0 Å². The van der Waals surface area contributed by atoms with Crippen molar-refractivity contribution >= 4 is 11.8 Å². The maximum atomic E-state index is 10.4. The third-order valence-electron chi connectivity index (χ3n) is 3.43. The number of carbonyl (C=O) groups excluding carboxylic acids is 1. The fourth-order valence-corrected chi connectivity index (χ4v) is 2.26. The van der Waals surface area contributed by atoms with Crippen LogP contribution in [-0.2, 0) is 11.3 Å². The van der Waals surface area contributed by atoms with E-state index in [1.54, 1.807) is 0 Å². The van der Waals surface area contributed by atoms with Crippen LogP contribution in [0, 0.1) is 0 Å². The summed E-state index contributed by atoms with van der Waals surface area (Å²) >= 11 is 0. The van der Waals surface area contributed by atoms with Crippen LogP contribution < -0.4 is 11.1 Å². The molecule has 1 fully saturated rings. The van der Waals surface area contributed by atoms with Crippen LogP contribution in [0.3, 0.4) is 0 Å². The minimum atomic E-state index is 0.208. The highest BCUT2D eigenvalue weighted by Gasteiger charge is 2.23. The monoisotopic (exact) mass is 255 g/mol. The molecule has 2 aromatic rings. The molecule has 0 atom stereocenters. The Morgan fingerprint density at radius 1 is 1.42 bits per heavy atom. The van der Waals surface area contributed by atoms with Gasteiger partial charge in [-0.2, -0.15) is 0 Å². The van der Waals surface area contributed by atoms with Gasteiger partial charge < -0.3 is 15.5 Å². The molecule has 1 aliphatic rings.